The molecule has 2 fully saturated rings. The second-order valence-electron chi connectivity index (χ2n) is 6.69. The zero-order valence-corrected chi connectivity index (χ0v) is 14.4. The quantitative estimate of drug-likeness (QED) is 0.913. The number of nitrogens with one attached hydrogen (secondary N) is 1. The number of fused-ring (bicyclic) bond motifs is 1. The van der Waals surface area contributed by atoms with Crippen LogP contribution in [0, 0.1) is 0 Å². The summed E-state index contributed by atoms with van der Waals surface area (Å²) >= 11 is 1.35. The van der Waals surface area contributed by atoms with E-state index in [1.165, 1.54) is 49.5 Å². The molecule has 1 unspecified atom stereocenters. The summed E-state index contributed by atoms with van der Waals surface area (Å²) in [5.41, 5.74) is 2.36. The molecule has 3 heterocycles. The molecule has 1 atom stereocenters. The summed E-state index contributed by atoms with van der Waals surface area (Å²) in [5, 5.41) is 3.43. The van der Waals surface area contributed by atoms with Crippen LogP contribution in [0.15, 0.2) is 23.0 Å². The van der Waals surface area contributed by atoms with Crippen molar-refractivity contribution in [3.8, 4) is 0 Å². The smallest absolute Gasteiger partial charge is 0.307 e. The summed E-state index contributed by atoms with van der Waals surface area (Å²) in [4.78, 5) is 17.1. The summed E-state index contributed by atoms with van der Waals surface area (Å²) < 4.78 is 2.84. The molecule has 4 rings (SSSR count). The van der Waals surface area contributed by atoms with E-state index in [0.29, 0.717) is 6.04 Å². The van der Waals surface area contributed by atoms with Crippen LogP contribution in [-0.2, 0) is 13.6 Å². The lowest BCUT2D eigenvalue weighted by Crippen LogP contribution is -2.49. The van der Waals surface area contributed by atoms with Crippen molar-refractivity contribution in [3.63, 3.8) is 0 Å². The van der Waals surface area contributed by atoms with Gasteiger partial charge in [0.1, 0.15) is 0 Å². The molecule has 0 bridgehead atoms. The van der Waals surface area contributed by atoms with Gasteiger partial charge in [-0.1, -0.05) is 17.4 Å². The lowest BCUT2D eigenvalue weighted by molar-refractivity contribution is 0.170. The minimum atomic E-state index is 0.122. The largest absolute Gasteiger partial charge is 0.314 e. The van der Waals surface area contributed by atoms with Gasteiger partial charge in [0.05, 0.1) is 10.2 Å². The van der Waals surface area contributed by atoms with Crippen LogP contribution in [0.3, 0.4) is 0 Å². The van der Waals surface area contributed by atoms with Crippen molar-refractivity contribution in [2.24, 2.45) is 7.05 Å². The standard InChI is InChI=1S/C17H24N4OS/c1-19-15-3-2-13(10-16(15)23-17(19)22)11-20-7-4-14(12-20)21-8-5-18-6-9-21/h2-3,10,14,18H,4-9,11-12H2,1H3. The number of piperazine rings is 1. The number of likely N-dealkylation sites (tertiary alicyclic amines) is 1. The van der Waals surface area contributed by atoms with Gasteiger partial charge in [-0.25, -0.2) is 0 Å². The first-order valence-corrected chi connectivity index (χ1v) is 9.28. The van der Waals surface area contributed by atoms with Crippen LogP contribution >= 0.6 is 11.3 Å². The Bertz CT molecular complexity index is 747. The minimum absolute atomic E-state index is 0.122. The Morgan fingerprint density at radius 3 is 2.91 bits per heavy atom. The van der Waals surface area contributed by atoms with E-state index in [-0.39, 0.29) is 4.87 Å². The van der Waals surface area contributed by atoms with E-state index in [0.717, 1.165) is 29.9 Å². The average molecular weight is 332 g/mol. The third-order valence-corrected chi connectivity index (χ3v) is 6.17. The van der Waals surface area contributed by atoms with Gasteiger partial charge in [-0.2, -0.15) is 0 Å². The summed E-state index contributed by atoms with van der Waals surface area (Å²) in [6, 6.07) is 7.17. The molecule has 0 saturated carbocycles. The highest BCUT2D eigenvalue weighted by molar-refractivity contribution is 7.16. The van der Waals surface area contributed by atoms with E-state index in [4.69, 9.17) is 0 Å². The van der Waals surface area contributed by atoms with Crippen molar-refractivity contribution in [1.82, 2.24) is 19.7 Å². The topological polar surface area (TPSA) is 40.5 Å². The van der Waals surface area contributed by atoms with Gasteiger partial charge in [-0.15, -0.1) is 0 Å². The van der Waals surface area contributed by atoms with Crippen molar-refractivity contribution < 1.29 is 0 Å². The molecule has 1 N–H and O–H groups in total. The monoisotopic (exact) mass is 332 g/mol. The highest BCUT2D eigenvalue weighted by Gasteiger charge is 2.28. The van der Waals surface area contributed by atoms with Crippen LogP contribution in [0.25, 0.3) is 10.2 Å². The Morgan fingerprint density at radius 1 is 1.26 bits per heavy atom. The summed E-state index contributed by atoms with van der Waals surface area (Å²) in [5.74, 6) is 0. The van der Waals surface area contributed by atoms with Crippen LogP contribution in [0.2, 0.25) is 0 Å². The molecule has 124 valence electrons. The predicted molar refractivity (Wildman–Crippen MR) is 95.2 cm³/mol. The number of hydrogen-bond acceptors (Lipinski definition) is 5. The normalized spacial score (nSPS) is 23.8. The van der Waals surface area contributed by atoms with E-state index < -0.39 is 0 Å². The van der Waals surface area contributed by atoms with Crippen LogP contribution in [-0.4, -0.2) is 59.7 Å². The van der Waals surface area contributed by atoms with Crippen LogP contribution in [0.5, 0.6) is 0 Å². The van der Waals surface area contributed by atoms with Gasteiger partial charge in [-0.3, -0.25) is 14.6 Å². The van der Waals surface area contributed by atoms with E-state index in [9.17, 15) is 4.79 Å². The lowest BCUT2D eigenvalue weighted by atomic mass is 10.2. The number of hydrogen-bond donors (Lipinski definition) is 1. The molecular formula is C17H24N4OS. The lowest BCUT2D eigenvalue weighted by Gasteiger charge is -2.32. The molecule has 2 aliphatic rings. The molecule has 2 aliphatic heterocycles. The molecule has 0 radical (unpaired) electrons. The van der Waals surface area contributed by atoms with Gasteiger partial charge < -0.3 is 9.88 Å². The highest BCUT2D eigenvalue weighted by Crippen LogP contribution is 2.22. The fourth-order valence-electron chi connectivity index (χ4n) is 3.84. The molecule has 0 amide bonds. The molecule has 6 heteroatoms. The van der Waals surface area contributed by atoms with E-state index in [1.54, 1.807) is 4.57 Å². The molecule has 5 nitrogen and oxygen atoms in total. The molecule has 23 heavy (non-hydrogen) atoms. The molecular weight excluding hydrogens is 308 g/mol. The number of aryl methyl sites for hydroxylation is 1. The molecule has 1 aromatic carbocycles. The zero-order valence-electron chi connectivity index (χ0n) is 13.6. The average Bonchev–Trinajstić information content (AvgIpc) is 3.14. The number of thiazole rings is 1. The third kappa shape index (κ3) is 3.08. The van der Waals surface area contributed by atoms with Gasteiger partial charge in [-0.05, 0) is 24.1 Å². The first-order chi connectivity index (χ1) is 11.2. The van der Waals surface area contributed by atoms with E-state index in [1.807, 2.05) is 7.05 Å². The molecule has 0 aliphatic carbocycles. The van der Waals surface area contributed by atoms with Gasteiger partial charge in [0, 0.05) is 58.9 Å². The SMILES string of the molecule is Cn1c(=O)sc2cc(CN3CCC(N4CCNCC4)C3)ccc21. The maximum Gasteiger partial charge on any atom is 0.307 e. The van der Waals surface area contributed by atoms with Gasteiger partial charge >= 0.3 is 4.87 Å². The minimum Gasteiger partial charge on any atom is -0.314 e. The molecule has 2 aromatic rings. The fourth-order valence-corrected chi connectivity index (χ4v) is 4.78. The Balaban J connectivity index is 1.43. The molecule has 0 spiro atoms. The fraction of sp³-hybridized carbons (Fsp3) is 0.588. The van der Waals surface area contributed by atoms with Crippen LogP contribution in [0.4, 0.5) is 0 Å². The van der Waals surface area contributed by atoms with Crippen LogP contribution < -0.4 is 10.2 Å². The van der Waals surface area contributed by atoms with E-state index >= 15 is 0 Å². The van der Waals surface area contributed by atoms with E-state index in [2.05, 4.69) is 33.3 Å². The van der Waals surface area contributed by atoms with Gasteiger partial charge in [0.25, 0.3) is 0 Å². The predicted octanol–water partition coefficient (Wildman–Crippen LogP) is 1.08. The Kier molecular flexibility index (Phi) is 4.24. The van der Waals surface area contributed by atoms with Crippen molar-refractivity contribution in [3.05, 3.63) is 33.4 Å². The maximum absolute atomic E-state index is 11.8. The van der Waals surface area contributed by atoms with Crippen LogP contribution in [0.1, 0.15) is 12.0 Å². The second-order valence-corrected chi connectivity index (χ2v) is 7.69. The first-order valence-electron chi connectivity index (χ1n) is 8.46. The number of rotatable bonds is 3. The maximum atomic E-state index is 11.8. The van der Waals surface area contributed by atoms with Crippen molar-refractivity contribution in [1.29, 1.82) is 0 Å². The first kappa shape index (κ1) is 15.3. The molecule has 1 aromatic heterocycles. The Labute approximate surface area is 140 Å². The van der Waals surface area contributed by atoms with Crippen molar-refractivity contribution in [2.75, 3.05) is 39.3 Å². The second kappa shape index (κ2) is 6.36. The molecule has 2 saturated heterocycles. The third-order valence-electron chi connectivity index (χ3n) is 5.18. The van der Waals surface area contributed by atoms with Gasteiger partial charge in [0.2, 0.25) is 0 Å². The van der Waals surface area contributed by atoms with Gasteiger partial charge in [0.15, 0.2) is 0 Å². The summed E-state index contributed by atoms with van der Waals surface area (Å²) in [6.45, 7) is 7.96. The summed E-state index contributed by atoms with van der Waals surface area (Å²) in [6.07, 6.45) is 1.28. The Morgan fingerprint density at radius 2 is 2.09 bits per heavy atom. The highest BCUT2D eigenvalue weighted by atomic mass is 32.1. The Hall–Kier alpha value is -1.21. The number of benzene rings is 1. The summed E-state index contributed by atoms with van der Waals surface area (Å²) in [7, 11) is 1.85. The van der Waals surface area contributed by atoms with Crippen molar-refractivity contribution in [2.45, 2.75) is 19.0 Å². The van der Waals surface area contributed by atoms with Crippen molar-refractivity contribution >= 4 is 21.6 Å². The number of aromatic nitrogens is 1. The number of nitrogens with zero attached hydrogens (tertiary/aromatic N) is 3. The zero-order chi connectivity index (χ0) is 15.8.